The van der Waals surface area contributed by atoms with E-state index in [9.17, 15) is 35.6 Å². The highest BCUT2D eigenvalue weighted by molar-refractivity contribution is 7.89. The van der Waals surface area contributed by atoms with Crippen molar-refractivity contribution < 1.29 is 54.2 Å². The maximum atomic E-state index is 14.9. The average molecular weight is 1050 g/mol. The number of carbonyl (C=O) groups excluding carboxylic acids is 1. The molecule has 1 amide bonds. The number of aryl methyl sites for hydroxylation is 2. The third-order valence-electron chi connectivity index (χ3n) is 12.1. The van der Waals surface area contributed by atoms with Gasteiger partial charge >= 0.3 is 6.18 Å². The summed E-state index contributed by atoms with van der Waals surface area (Å²) in [7, 11) is 0.656. The van der Waals surface area contributed by atoms with Crippen LogP contribution in [0, 0.1) is 25.7 Å². The molecule has 2 atom stereocenters. The van der Waals surface area contributed by atoms with Crippen molar-refractivity contribution in [2.75, 3.05) is 97.6 Å². The van der Waals surface area contributed by atoms with E-state index in [-0.39, 0.29) is 93.5 Å². The summed E-state index contributed by atoms with van der Waals surface area (Å²) >= 11 is 0. The number of likely N-dealkylation sites (N-methyl/N-ethyl adjacent to an activating group) is 1. The average Bonchev–Trinajstić information content (AvgIpc) is 3.89. The zero-order valence-corrected chi connectivity index (χ0v) is 42.4. The molecule has 0 unspecified atom stereocenters. The summed E-state index contributed by atoms with van der Waals surface area (Å²) in [5.41, 5.74) is 4.24. The van der Waals surface area contributed by atoms with E-state index in [0.29, 0.717) is 41.0 Å². The summed E-state index contributed by atoms with van der Waals surface area (Å²) in [6, 6.07) is 16.9. The molecule has 6 aromatic rings. The second-order valence-corrected chi connectivity index (χ2v) is 19.6. The Bertz CT molecular complexity index is 3110. The number of benzene rings is 2. The van der Waals surface area contributed by atoms with Crippen LogP contribution in [0.25, 0.3) is 22.0 Å². The number of fused-ring (bicyclic) bond motifs is 1. The summed E-state index contributed by atoms with van der Waals surface area (Å²) in [5, 5.41) is 13.4. The lowest BCUT2D eigenvalue weighted by atomic mass is 10.0. The Balaban J connectivity index is 0.811. The Labute approximate surface area is 425 Å². The lowest BCUT2D eigenvalue weighted by Gasteiger charge is -2.33. The van der Waals surface area contributed by atoms with Crippen molar-refractivity contribution in [3.8, 4) is 34.6 Å². The number of nitrogens with zero attached hydrogens (tertiary/aromatic N) is 6. The van der Waals surface area contributed by atoms with Crippen molar-refractivity contribution >= 4 is 38.2 Å². The van der Waals surface area contributed by atoms with Crippen molar-refractivity contribution in [1.82, 2.24) is 33.8 Å². The molecule has 4 aromatic heterocycles. The molecule has 0 aliphatic carbocycles. The highest BCUT2D eigenvalue weighted by Gasteiger charge is 2.31. The summed E-state index contributed by atoms with van der Waals surface area (Å²) in [4.78, 5) is 31.1. The Morgan fingerprint density at radius 1 is 1.01 bits per heavy atom. The van der Waals surface area contributed by atoms with Gasteiger partial charge < -0.3 is 53.5 Å². The van der Waals surface area contributed by atoms with Crippen LogP contribution in [0.5, 0.6) is 11.6 Å². The number of aromatic nitrogens is 4. The molecular weight excluding hydrogens is 991 g/mol. The van der Waals surface area contributed by atoms with E-state index in [1.165, 1.54) is 44.6 Å². The van der Waals surface area contributed by atoms with Gasteiger partial charge in [-0.1, -0.05) is 17.1 Å². The van der Waals surface area contributed by atoms with Crippen LogP contribution in [0.1, 0.15) is 29.1 Å². The smallest absolute Gasteiger partial charge is 0.406 e. The number of anilines is 2. The molecule has 7 rings (SSSR count). The standard InChI is InChI=1S/C51H59F4N9O9S/c1-34-50(35(2)73-60-34)37-11-14-49(66)63(30-37)29-36-15-18-58-48(26-36)72-32-47(65)57-19-22-70-24-25-71-23-21-62(4)74(67,68)39-12-13-44(46(28-39)69-5)56-17-7-8-38-27-40-42(59-43-16-20-61(3)31-41(43)52)9-6-10-45(40)64(38)33-51(53,54)55/h6,9-15,18,26-28,30,41,43,56,59H,16-17,19-25,29,31-33H2,1-5H3,(H,57,65)/t41-,43+/m0/s1. The number of nitrogens with one attached hydrogen (secondary N) is 3. The van der Waals surface area contributed by atoms with E-state index in [4.69, 9.17) is 23.5 Å². The number of amides is 1. The van der Waals surface area contributed by atoms with Crippen LogP contribution in [-0.2, 0) is 37.4 Å². The van der Waals surface area contributed by atoms with Crippen molar-refractivity contribution in [2.45, 2.75) is 56.6 Å². The highest BCUT2D eigenvalue weighted by Crippen LogP contribution is 2.33. The molecule has 0 saturated carbocycles. The molecule has 3 N–H and O–H groups in total. The molecule has 1 fully saturated rings. The van der Waals surface area contributed by atoms with Gasteiger partial charge in [0.05, 0.1) is 80.2 Å². The summed E-state index contributed by atoms with van der Waals surface area (Å²) in [5.74, 6) is 6.38. The Hall–Kier alpha value is -6.97. The molecule has 1 aliphatic rings. The lowest BCUT2D eigenvalue weighted by Crippen LogP contribution is -2.46. The first-order valence-electron chi connectivity index (χ1n) is 23.7. The number of likely N-dealkylation sites (tertiary alicyclic amines) is 1. The minimum Gasteiger partial charge on any atom is -0.495 e. The number of ether oxygens (including phenoxy) is 4. The number of hydrogen-bond acceptors (Lipinski definition) is 14. The molecule has 0 bridgehead atoms. The fourth-order valence-electron chi connectivity index (χ4n) is 8.33. The fourth-order valence-corrected chi connectivity index (χ4v) is 9.50. The monoisotopic (exact) mass is 1050 g/mol. The summed E-state index contributed by atoms with van der Waals surface area (Å²) in [6.45, 7) is 4.09. The minimum absolute atomic E-state index is 0.0184. The van der Waals surface area contributed by atoms with Crippen molar-refractivity contribution in [2.24, 2.45) is 0 Å². The molecule has 1 saturated heterocycles. The van der Waals surface area contributed by atoms with Gasteiger partial charge in [-0.25, -0.2) is 17.8 Å². The molecule has 2 aromatic carbocycles. The molecule has 74 heavy (non-hydrogen) atoms. The van der Waals surface area contributed by atoms with Crippen LogP contribution < -0.4 is 31.0 Å². The van der Waals surface area contributed by atoms with Gasteiger partial charge in [-0.05, 0) is 81.3 Å². The van der Waals surface area contributed by atoms with Crippen molar-refractivity contribution in [3.63, 3.8) is 0 Å². The SMILES string of the molecule is COc1cc(S(=O)(=O)N(C)CCOCCOCCNC(=O)COc2cc(Cn3cc(-c4c(C)noc4C)ccc3=O)ccn2)ccc1NCC#Cc1cc2c(N[C@@H]3CCN(C)C[C@@H]3F)cccc2n1CC(F)(F)F. The van der Waals surface area contributed by atoms with Gasteiger partial charge in [0, 0.05) is 86.0 Å². The maximum absolute atomic E-state index is 14.9. The van der Waals surface area contributed by atoms with Crippen LogP contribution in [0.2, 0.25) is 0 Å². The molecular formula is C51H59F4N9O9S. The van der Waals surface area contributed by atoms with Crippen molar-refractivity contribution in [3.05, 3.63) is 112 Å². The van der Waals surface area contributed by atoms with Gasteiger partial charge in [-0.2, -0.15) is 17.5 Å². The van der Waals surface area contributed by atoms with E-state index in [2.05, 4.69) is 37.9 Å². The predicted octanol–water partition coefficient (Wildman–Crippen LogP) is 5.86. The molecule has 23 heteroatoms. The highest BCUT2D eigenvalue weighted by atomic mass is 32.2. The second-order valence-electron chi connectivity index (χ2n) is 17.6. The number of sulfonamides is 1. The zero-order chi connectivity index (χ0) is 53.0. The van der Waals surface area contributed by atoms with Crippen molar-refractivity contribution in [1.29, 1.82) is 0 Å². The molecule has 18 nitrogen and oxygen atoms in total. The molecule has 0 spiro atoms. The largest absolute Gasteiger partial charge is 0.495 e. The van der Waals surface area contributed by atoms with Gasteiger partial charge in [-0.15, -0.1) is 0 Å². The van der Waals surface area contributed by atoms with Crippen LogP contribution in [-0.4, -0.2) is 148 Å². The first kappa shape index (κ1) is 54.8. The number of alkyl halides is 4. The number of piperidine rings is 1. The summed E-state index contributed by atoms with van der Waals surface area (Å²) in [6.07, 6.45) is -1.87. The van der Waals surface area contributed by atoms with Gasteiger partial charge in [0.2, 0.25) is 15.9 Å². The van der Waals surface area contributed by atoms with Gasteiger partial charge in [0.15, 0.2) is 6.61 Å². The number of hydrogen-bond donors (Lipinski definition) is 3. The number of rotatable bonds is 23. The zero-order valence-electron chi connectivity index (χ0n) is 41.6. The minimum atomic E-state index is -4.53. The van der Waals surface area contributed by atoms with E-state index in [1.54, 1.807) is 53.2 Å². The number of pyridine rings is 2. The van der Waals surface area contributed by atoms with Gasteiger partial charge in [-0.3, -0.25) is 9.59 Å². The Morgan fingerprint density at radius 3 is 2.55 bits per heavy atom. The second kappa shape index (κ2) is 24.8. The van der Waals surface area contributed by atoms with Gasteiger partial charge in [0.25, 0.3) is 11.5 Å². The first-order valence-corrected chi connectivity index (χ1v) is 25.1. The third kappa shape index (κ3) is 14.4. The third-order valence-corrected chi connectivity index (χ3v) is 14.0. The van der Waals surface area contributed by atoms with E-state index in [1.807, 2.05) is 25.8 Å². The normalized spacial score (nSPS) is 15.2. The molecule has 0 radical (unpaired) electrons. The predicted molar refractivity (Wildman–Crippen MR) is 270 cm³/mol. The Morgan fingerprint density at radius 2 is 1.81 bits per heavy atom. The molecule has 5 heterocycles. The van der Waals surface area contributed by atoms with E-state index in [0.717, 1.165) is 31.3 Å². The lowest BCUT2D eigenvalue weighted by molar-refractivity contribution is -0.140. The van der Waals surface area contributed by atoms with Crippen LogP contribution in [0.3, 0.4) is 0 Å². The molecule has 1 aliphatic heterocycles. The number of methoxy groups -OCH3 is 1. The quantitative estimate of drug-likeness (QED) is 0.0393. The van der Waals surface area contributed by atoms with Gasteiger partial charge in [0.1, 0.15) is 24.2 Å². The van der Waals surface area contributed by atoms with Crippen LogP contribution in [0.15, 0.2) is 93.3 Å². The summed E-state index contributed by atoms with van der Waals surface area (Å²) < 4.78 is 114. The van der Waals surface area contributed by atoms with E-state index >= 15 is 0 Å². The van der Waals surface area contributed by atoms with Crippen LogP contribution >= 0.6 is 0 Å². The van der Waals surface area contributed by atoms with E-state index < -0.39 is 40.9 Å². The topological polar surface area (TPSA) is 197 Å². The Kier molecular flexibility index (Phi) is 18.4. The molecule has 396 valence electrons. The first-order chi connectivity index (χ1) is 35.4. The fraction of sp³-hybridized carbons (Fsp3) is 0.412. The number of carbonyl (C=O) groups is 1. The van der Waals surface area contributed by atoms with Crippen LogP contribution in [0.4, 0.5) is 28.9 Å². The number of halogens is 4. The maximum Gasteiger partial charge on any atom is 0.406 e.